The summed E-state index contributed by atoms with van der Waals surface area (Å²) < 4.78 is 6.04. The Morgan fingerprint density at radius 3 is 2.06 bits per heavy atom. The molecule has 4 fully saturated rings. The zero-order valence-electron chi connectivity index (χ0n) is 22.8. The van der Waals surface area contributed by atoms with E-state index in [-0.39, 0.29) is 12.4 Å². The summed E-state index contributed by atoms with van der Waals surface area (Å²) in [4.78, 5) is 8.01. The molecule has 2 saturated carbocycles. The van der Waals surface area contributed by atoms with Gasteiger partial charge in [0.05, 0.1) is 12.2 Å². The molecule has 0 bridgehead atoms. The highest BCUT2D eigenvalue weighted by Crippen LogP contribution is 2.49. The average molecular weight is 504 g/mol. The largest absolute Gasteiger partial charge is 0.372 e. The first-order chi connectivity index (χ1) is 16.5. The van der Waals surface area contributed by atoms with E-state index in [1.807, 2.05) is 0 Å². The highest BCUT2D eigenvalue weighted by Gasteiger charge is 2.35. The first-order valence-corrected chi connectivity index (χ1v) is 14.5. The van der Waals surface area contributed by atoms with Gasteiger partial charge in [0.2, 0.25) is 0 Å². The lowest BCUT2D eigenvalue weighted by Gasteiger charge is -2.42. The molecule has 2 unspecified atom stereocenters. The number of nitrogens with zero attached hydrogens (tertiary/aromatic N) is 3. The lowest BCUT2D eigenvalue weighted by Crippen LogP contribution is -2.47. The van der Waals surface area contributed by atoms with Crippen LogP contribution in [0.4, 0.5) is 11.4 Å². The second-order valence-corrected chi connectivity index (χ2v) is 12.1. The lowest BCUT2D eigenvalue weighted by molar-refractivity contribution is -0.00522. The molecule has 1 aromatic rings. The summed E-state index contributed by atoms with van der Waals surface area (Å²) >= 11 is 0. The first kappa shape index (κ1) is 27.1. The van der Waals surface area contributed by atoms with Crippen LogP contribution in [0.25, 0.3) is 0 Å². The SMILES string of the molecule is CCC1(CC)CCC(c2cc(N3CC(C)OC(C)C3)ccc2N2CCN(CC3CC3)CC2)CC1.Cl. The molecule has 2 aliphatic carbocycles. The lowest BCUT2D eigenvalue weighted by atomic mass is 9.66. The number of morpholine rings is 1. The number of ether oxygens (including phenoxy) is 1. The van der Waals surface area contributed by atoms with Gasteiger partial charge in [-0.3, -0.25) is 4.90 Å². The van der Waals surface area contributed by atoms with Gasteiger partial charge < -0.3 is 14.5 Å². The van der Waals surface area contributed by atoms with E-state index in [4.69, 9.17) is 4.74 Å². The predicted molar refractivity (Wildman–Crippen MR) is 152 cm³/mol. The number of benzene rings is 1. The van der Waals surface area contributed by atoms with Crippen LogP contribution in [0.1, 0.15) is 90.5 Å². The van der Waals surface area contributed by atoms with Crippen LogP contribution < -0.4 is 9.80 Å². The molecule has 0 N–H and O–H groups in total. The van der Waals surface area contributed by atoms with Crippen molar-refractivity contribution in [2.75, 3.05) is 55.6 Å². The van der Waals surface area contributed by atoms with Gasteiger partial charge in [-0.15, -0.1) is 12.4 Å². The van der Waals surface area contributed by atoms with Gasteiger partial charge in [-0.05, 0) is 93.4 Å². The van der Waals surface area contributed by atoms with Gasteiger partial charge in [-0.2, -0.15) is 0 Å². The minimum atomic E-state index is 0. The van der Waals surface area contributed by atoms with Gasteiger partial charge in [0.1, 0.15) is 0 Å². The summed E-state index contributed by atoms with van der Waals surface area (Å²) in [6.45, 7) is 17.4. The predicted octanol–water partition coefficient (Wildman–Crippen LogP) is 6.72. The summed E-state index contributed by atoms with van der Waals surface area (Å²) in [6.07, 6.45) is 11.7. The van der Waals surface area contributed by atoms with Crippen molar-refractivity contribution in [1.82, 2.24) is 4.90 Å². The molecule has 4 aliphatic rings. The van der Waals surface area contributed by atoms with Crippen LogP contribution in [-0.2, 0) is 4.74 Å². The van der Waals surface area contributed by atoms with E-state index >= 15 is 0 Å². The van der Waals surface area contributed by atoms with Crippen molar-refractivity contribution in [3.63, 3.8) is 0 Å². The third-order valence-electron chi connectivity index (χ3n) is 9.71. The minimum Gasteiger partial charge on any atom is -0.372 e. The van der Waals surface area contributed by atoms with Gasteiger partial charge in [0, 0.05) is 57.2 Å². The maximum atomic E-state index is 6.04. The summed E-state index contributed by atoms with van der Waals surface area (Å²) in [6, 6.07) is 7.48. The number of hydrogen-bond donors (Lipinski definition) is 0. The molecule has 198 valence electrons. The first-order valence-electron chi connectivity index (χ1n) is 14.5. The number of rotatable bonds is 7. The zero-order chi connectivity index (χ0) is 23.7. The number of anilines is 2. The molecule has 5 heteroatoms. The monoisotopic (exact) mass is 503 g/mol. The fraction of sp³-hybridized carbons (Fsp3) is 0.800. The maximum absolute atomic E-state index is 6.04. The van der Waals surface area contributed by atoms with E-state index in [9.17, 15) is 0 Å². The third-order valence-corrected chi connectivity index (χ3v) is 9.71. The Morgan fingerprint density at radius 2 is 1.49 bits per heavy atom. The number of hydrogen-bond acceptors (Lipinski definition) is 4. The number of halogens is 1. The molecule has 2 aliphatic heterocycles. The smallest absolute Gasteiger partial charge is 0.0726 e. The van der Waals surface area contributed by atoms with Crippen LogP contribution in [-0.4, -0.2) is 62.9 Å². The van der Waals surface area contributed by atoms with Gasteiger partial charge in [0.25, 0.3) is 0 Å². The summed E-state index contributed by atoms with van der Waals surface area (Å²) in [5.41, 5.74) is 5.18. The second-order valence-electron chi connectivity index (χ2n) is 12.1. The Labute approximate surface area is 221 Å². The van der Waals surface area contributed by atoms with E-state index in [0.717, 1.165) is 19.0 Å². The molecule has 0 radical (unpaired) electrons. The van der Waals surface area contributed by atoms with Crippen molar-refractivity contribution in [3.05, 3.63) is 23.8 Å². The normalized spacial score (nSPS) is 28.1. The van der Waals surface area contributed by atoms with Crippen molar-refractivity contribution in [1.29, 1.82) is 0 Å². The highest BCUT2D eigenvalue weighted by atomic mass is 35.5. The van der Waals surface area contributed by atoms with E-state index in [2.05, 4.69) is 60.6 Å². The van der Waals surface area contributed by atoms with Crippen molar-refractivity contribution < 1.29 is 4.74 Å². The van der Waals surface area contributed by atoms with Crippen LogP contribution in [0, 0.1) is 11.3 Å². The molecule has 0 amide bonds. The molecule has 1 aromatic carbocycles. The van der Waals surface area contributed by atoms with E-state index in [0.29, 0.717) is 23.5 Å². The molecule has 35 heavy (non-hydrogen) atoms. The van der Waals surface area contributed by atoms with E-state index in [1.54, 1.807) is 5.56 Å². The molecule has 0 aromatic heterocycles. The minimum absolute atomic E-state index is 0. The summed E-state index contributed by atoms with van der Waals surface area (Å²) in [5.74, 6) is 1.71. The summed E-state index contributed by atoms with van der Waals surface area (Å²) in [7, 11) is 0. The van der Waals surface area contributed by atoms with Crippen molar-refractivity contribution in [2.45, 2.75) is 97.2 Å². The average Bonchev–Trinajstić information content (AvgIpc) is 3.68. The van der Waals surface area contributed by atoms with Crippen LogP contribution >= 0.6 is 12.4 Å². The quantitative estimate of drug-likeness (QED) is 0.411. The third kappa shape index (κ3) is 6.30. The van der Waals surface area contributed by atoms with Gasteiger partial charge in [-0.1, -0.05) is 26.7 Å². The number of piperazine rings is 1. The standard InChI is InChI=1S/C30H49N3O.ClH/c1-5-30(6-2)13-11-26(12-14-30)28-19-27(33-20-23(3)34-24(4)21-33)9-10-29(28)32-17-15-31(16-18-32)22-25-7-8-25;/h9-10,19,23-26H,5-8,11-18,20-22H2,1-4H3;1H. The van der Waals surface area contributed by atoms with Gasteiger partial charge >= 0.3 is 0 Å². The fourth-order valence-electron chi connectivity index (χ4n) is 7.08. The zero-order valence-corrected chi connectivity index (χ0v) is 23.6. The van der Waals surface area contributed by atoms with Crippen molar-refractivity contribution in [3.8, 4) is 0 Å². The Balaban J connectivity index is 0.00000289. The van der Waals surface area contributed by atoms with Crippen molar-refractivity contribution in [2.24, 2.45) is 11.3 Å². The molecule has 2 saturated heterocycles. The van der Waals surface area contributed by atoms with Gasteiger partial charge in [0.15, 0.2) is 0 Å². The molecular formula is C30H50ClN3O. The van der Waals surface area contributed by atoms with E-state index < -0.39 is 0 Å². The Hall–Kier alpha value is -0.970. The van der Waals surface area contributed by atoms with Crippen LogP contribution in [0.3, 0.4) is 0 Å². The fourth-order valence-corrected chi connectivity index (χ4v) is 7.08. The second kappa shape index (κ2) is 11.6. The van der Waals surface area contributed by atoms with E-state index in [1.165, 1.54) is 95.5 Å². The van der Waals surface area contributed by atoms with Crippen molar-refractivity contribution >= 4 is 23.8 Å². The molecular weight excluding hydrogens is 454 g/mol. The molecule has 2 atom stereocenters. The van der Waals surface area contributed by atoms with Crippen LogP contribution in [0.15, 0.2) is 18.2 Å². The Morgan fingerprint density at radius 1 is 0.857 bits per heavy atom. The maximum Gasteiger partial charge on any atom is 0.0726 e. The highest BCUT2D eigenvalue weighted by molar-refractivity contribution is 5.85. The van der Waals surface area contributed by atoms with Crippen LogP contribution in [0.5, 0.6) is 0 Å². The van der Waals surface area contributed by atoms with Gasteiger partial charge in [-0.25, -0.2) is 0 Å². The molecule has 2 heterocycles. The Bertz CT molecular complexity index is 796. The van der Waals surface area contributed by atoms with Crippen LogP contribution in [0.2, 0.25) is 0 Å². The Kier molecular flexibility index (Phi) is 8.98. The topological polar surface area (TPSA) is 19.0 Å². The summed E-state index contributed by atoms with van der Waals surface area (Å²) in [5, 5.41) is 0. The molecule has 5 rings (SSSR count). The molecule has 0 spiro atoms. The molecule has 4 nitrogen and oxygen atoms in total.